The molecule has 1 aromatic carbocycles. The predicted octanol–water partition coefficient (Wildman–Crippen LogP) is 1.39. The van der Waals surface area contributed by atoms with E-state index in [0.717, 1.165) is 11.3 Å². The second kappa shape index (κ2) is 6.25. The van der Waals surface area contributed by atoms with Gasteiger partial charge in [-0.2, -0.15) is 0 Å². The van der Waals surface area contributed by atoms with Crippen LogP contribution in [0.3, 0.4) is 0 Å². The van der Waals surface area contributed by atoms with Crippen LogP contribution in [0.1, 0.15) is 30.9 Å². The maximum Gasteiger partial charge on any atom is 0.234 e. The highest BCUT2D eigenvalue weighted by Gasteiger charge is 2.07. The first-order valence-corrected chi connectivity index (χ1v) is 5.72. The highest BCUT2D eigenvalue weighted by Crippen LogP contribution is 2.23. The molecule has 1 rings (SSSR count). The standard InChI is InChI=1S/C13H20N2O2/c1-9(2)10-4-5-12(17-3)11(6-10)8-15-13(16)7-14/h4-6,9H,7-8,14H2,1-3H3,(H,15,16). The van der Waals surface area contributed by atoms with E-state index >= 15 is 0 Å². The predicted molar refractivity (Wildman–Crippen MR) is 68.0 cm³/mol. The number of carbonyl (C=O) groups is 1. The Morgan fingerprint density at radius 2 is 2.18 bits per heavy atom. The Labute approximate surface area is 102 Å². The maximum atomic E-state index is 11.1. The van der Waals surface area contributed by atoms with E-state index in [1.54, 1.807) is 7.11 Å². The van der Waals surface area contributed by atoms with E-state index in [9.17, 15) is 4.79 Å². The maximum absolute atomic E-state index is 11.1. The van der Waals surface area contributed by atoms with Crippen LogP contribution >= 0.6 is 0 Å². The number of hydrogen-bond donors (Lipinski definition) is 2. The first-order chi connectivity index (χ1) is 8.08. The van der Waals surface area contributed by atoms with Crippen LogP contribution in [0.15, 0.2) is 18.2 Å². The van der Waals surface area contributed by atoms with Crippen LogP contribution in [0.2, 0.25) is 0 Å². The third kappa shape index (κ3) is 3.75. The van der Waals surface area contributed by atoms with E-state index in [-0.39, 0.29) is 12.5 Å². The van der Waals surface area contributed by atoms with Gasteiger partial charge in [0.15, 0.2) is 0 Å². The number of carbonyl (C=O) groups excluding carboxylic acids is 1. The Bertz CT molecular complexity index is 389. The van der Waals surface area contributed by atoms with Crippen molar-refractivity contribution in [2.45, 2.75) is 26.3 Å². The zero-order chi connectivity index (χ0) is 12.8. The molecule has 1 amide bonds. The first kappa shape index (κ1) is 13.5. The van der Waals surface area contributed by atoms with Crippen LogP contribution in [0, 0.1) is 0 Å². The molecule has 0 aliphatic rings. The van der Waals surface area contributed by atoms with Crippen molar-refractivity contribution in [3.05, 3.63) is 29.3 Å². The second-order valence-electron chi connectivity index (χ2n) is 4.21. The summed E-state index contributed by atoms with van der Waals surface area (Å²) in [4.78, 5) is 11.1. The lowest BCUT2D eigenvalue weighted by atomic mass is 10.0. The van der Waals surface area contributed by atoms with E-state index in [4.69, 9.17) is 10.5 Å². The molecule has 0 fully saturated rings. The summed E-state index contributed by atoms with van der Waals surface area (Å²) >= 11 is 0. The van der Waals surface area contributed by atoms with Crippen molar-refractivity contribution in [1.82, 2.24) is 5.32 Å². The third-order valence-corrected chi connectivity index (χ3v) is 2.63. The third-order valence-electron chi connectivity index (χ3n) is 2.63. The molecular weight excluding hydrogens is 216 g/mol. The number of ether oxygens (including phenoxy) is 1. The van der Waals surface area contributed by atoms with Gasteiger partial charge in [-0.25, -0.2) is 0 Å². The van der Waals surface area contributed by atoms with Gasteiger partial charge in [-0.15, -0.1) is 0 Å². The minimum absolute atomic E-state index is 0.00614. The van der Waals surface area contributed by atoms with Crippen molar-refractivity contribution in [2.75, 3.05) is 13.7 Å². The molecule has 0 heterocycles. The summed E-state index contributed by atoms with van der Waals surface area (Å²) in [6.45, 7) is 4.71. The Morgan fingerprint density at radius 3 is 2.71 bits per heavy atom. The zero-order valence-corrected chi connectivity index (χ0v) is 10.6. The molecule has 17 heavy (non-hydrogen) atoms. The lowest BCUT2D eigenvalue weighted by molar-refractivity contribution is -0.119. The summed E-state index contributed by atoms with van der Waals surface area (Å²) in [6, 6.07) is 6.03. The number of methoxy groups -OCH3 is 1. The van der Waals surface area contributed by atoms with Crippen molar-refractivity contribution < 1.29 is 9.53 Å². The summed E-state index contributed by atoms with van der Waals surface area (Å²) in [5.41, 5.74) is 7.44. The fourth-order valence-electron chi connectivity index (χ4n) is 1.56. The van der Waals surface area contributed by atoms with Crippen molar-refractivity contribution in [3.63, 3.8) is 0 Å². The van der Waals surface area contributed by atoms with Gasteiger partial charge in [0, 0.05) is 12.1 Å². The van der Waals surface area contributed by atoms with Gasteiger partial charge in [-0.3, -0.25) is 4.79 Å². The molecule has 0 unspecified atom stereocenters. The molecule has 0 atom stereocenters. The Balaban J connectivity index is 2.86. The highest BCUT2D eigenvalue weighted by molar-refractivity contribution is 5.77. The number of nitrogens with one attached hydrogen (secondary N) is 1. The van der Waals surface area contributed by atoms with Gasteiger partial charge in [-0.1, -0.05) is 26.0 Å². The van der Waals surface area contributed by atoms with E-state index in [0.29, 0.717) is 12.5 Å². The normalized spacial score (nSPS) is 10.4. The van der Waals surface area contributed by atoms with E-state index in [1.165, 1.54) is 5.56 Å². The summed E-state index contributed by atoms with van der Waals surface area (Å²) in [5, 5.41) is 2.75. The number of amides is 1. The number of benzene rings is 1. The van der Waals surface area contributed by atoms with Gasteiger partial charge < -0.3 is 15.8 Å². The van der Waals surface area contributed by atoms with Crippen LogP contribution in [-0.2, 0) is 11.3 Å². The van der Waals surface area contributed by atoms with Gasteiger partial charge in [0.25, 0.3) is 0 Å². The van der Waals surface area contributed by atoms with Crippen molar-refractivity contribution in [1.29, 1.82) is 0 Å². The summed E-state index contributed by atoms with van der Waals surface area (Å²) in [7, 11) is 1.62. The smallest absolute Gasteiger partial charge is 0.234 e. The molecule has 0 saturated heterocycles. The van der Waals surface area contributed by atoms with Gasteiger partial charge in [0.2, 0.25) is 5.91 Å². The Kier molecular flexibility index (Phi) is 4.97. The molecule has 0 bridgehead atoms. The number of rotatable bonds is 5. The van der Waals surface area contributed by atoms with E-state index in [2.05, 4.69) is 25.2 Å². The lowest BCUT2D eigenvalue weighted by Gasteiger charge is -2.13. The largest absolute Gasteiger partial charge is 0.496 e. The van der Waals surface area contributed by atoms with Gasteiger partial charge in [0.1, 0.15) is 5.75 Å². The molecule has 1 aromatic rings. The average Bonchev–Trinajstić information content (AvgIpc) is 2.35. The van der Waals surface area contributed by atoms with Gasteiger partial charge in [0.05, 0.1) is 13.7 Å². The van der Waals surface area contributed by atoms with Crippen LogP contribution < -0.4 is 15.8 Å². The monoisotopic (exact) mass is 236 g/mol. The molecule has 0 saturated carbocycles. The fraction of sp³-hybridized carbons (Fsp3) is 0.462. The van der Waals surface area contributed by atoms with Crippen molar-refractivity contribution >= 4 is 5.91 Å². The topological polar surface area (TPSA) is 64.3 Å². The first-order valence-electron chi connectivity index (χ1n) is 5.72. The summed E-state index contributed by atoms with van der Waals surface area (Å²) in [5.74, 6) is 1.07. The minimum atomic E-state index is -0.165. The number of hydrogen-bond acceptors (Lipinski definition) is 3. The summed E-state index contributed by atoms with van der Waals surface area (Å²) in [6.07, 6.45) is 0. The molecule has 0 spiro atoms. The van der Waals surface area contributed by atoms with Gasteiger partial charge in [-0.05, 0) is 17.5 Å². The van der Waals surface area contributed by atoms with Crippen LogP contribution in [-0.4, -0.2) is 19.6 Å². The highest BCUT2D eigenvalue weighted by atomic mass is 16.5. The molecule has 0 radical (unpaired) electrons. The van der Waals surface area contributed by atoms with Crippen molar-refractivity contribution in [3.8, 4) is 5.75 Å². The summed E-state index contributed by atoms with van der Waals surface area (Å²) < 4.78 is 5.26. The molecule has 4 nitrogen and oxygen atoms in total. The van der Waals surface area contributed by atoms with Crippen LogP contribution in [0.25, 0.3) is 0 Å². The molecule has 3 N–H and O–H groups in total. The Hall–Kier alpha value is -1.55. The quantitative estimate of drug-likeness (QED) is 0.812. The Morgan fingerprint density at radius 1 is 1.47 bits per heavy atom. The molecule has 4 heteroatoms. The SMILES string of the molecule is COc1ccc(C(C)C)cc1CNC(=O)CN. The zero-order valence-electron chi connectivity index (χ0n) is 10.6. The number of nitrogens with two attached hydrogens (primary N) is 1. The molecule has 0 aliphatic carbocycles. The van der Waals surface area contributed by atoms with Crippen molar-refractivity contribution in [2.24, 2.45) is 5.73 Å². The van der Waals surface area contributed by atoms with E-state index in [1.807, 2.05) is 12.1 Å². The molecule has 0 aromatic heterocycles. The van der Waals surface area contributed by atoms with Gasteiger partial charge >= 0.3 is 0 Å². The minimum Gasteiger partial charge on any atom is -0.496 e. The second-order valence-corrected chi connectivity index (χ2v) is 4.21. The lowest BCUT2D eigenvalue weighted by Crippen LogP contribution is -2.29. The van der Waals surface area contributed by atoms with Crippen LogP contribution in [0.4, 0.5) is 0 Å². The molecule has 94 valence electrons. The van der Waals surface area contributed by atoms with Crippen LogP contribution in [0.5, 0.6) is 5.75 Å². The average molecular weight is 236 g/mol. The molecule has 0 aliphatic heterocycles. The van der Waals surface area contributed by atoms with E-state index < -0.39 is 0 Å². The molecular formula is C13H20N2O2. The fourth-order valence-corrected chi connectivity index (χ4v) is 1.56.